The van der Waals surface area contributed by atoms with Crippen molar-refractivity contribution in [2.45, 2.75) is 213 Å². The molecular formula is C53H90O4. The third-order valence-corrected chi connectivity index (χ3v) is 9.89. The minimum Gasteiger partial charge on any atom is -0.457 e. The van der Waals surface area contributed by atoms with Gasteiger partial charge in [-0.2, -0.15) is 0 Å². The maximum absolute atomic E-state index is 12.2. The Bertz CT molecular complexity index is 1060. The molecule has 0 fully saturated rings. The van der Waals surface area contributed by atoms with Crippen molar-refractivity contribution < 1.29 is 19.4 Å². The van der Waals surface area contributed by atoms with E-state index in [9.17, 15) is 9.90 Å². The van der Waals surface area contributed by atoms with Gasteiger partial charge in [-0.05, 0) is 96.3 Å². The van der Waals surface area contributed by atoms with E-state index < -0.39 is 6.10 Å². The SMILES string of the molecule is CC/C=C\C/C=C\C/C=C\C/C=C\C/C=C\C/C=C\C/C=C\CCCCCC(=O)OC(CO)COCCCCCCCCCCCC/C=C\CCCCCCCC. The number of rotatable bonds is 43. The molecule has 0 saturated heterocycles. The van der Waals surface area contributed by atoms with Gasteiger partial charge in [-0.3, -0.25) is 4.79 Å². The summed E-state index contributed by atoms with van der Waals surface area (Å²) in [7, 11) is 0. The lowest BCUT2D eigenvalue weighted by Crippen LogP contribution is -2.27. The molecule has 1 atom stereocenters. The summed E-state index contributed by atoms with van der Waals surface area (Å²) in [6.45, 7) is 5.19. The molecule has 0 aliphatic rings. The predicted octanol–water partition coefficient (Wildman–Crippen LogP) is 16.1. The summed E-state index contributed by atoms with van der Waals surface area (Å²) < 4.78 is 11.2. The topological polar surface area (TPSA) is 55.8 Å². The maximum Gasteiger partial charge on any atom is 0.306 e. The summed E-state index contributed by atoms with van der Waals surface area (Å²) in [4.78, 5) is 12.2. The van der Waals surface area contributed by atoms with E-state index in [1.54, 1.807) is 0 Å². The lowest BCUT2D eigenvalue weighted by atomic mass is 10.1. The van der Waals surface area contributed by atoms with Gasteiger partial charge < -0.3 is 14.6 Å². The number of allylic oxidation sites excluding steroid dienone is 16. The molecule has 4 heteroatoms. The summed E-state index contributed by atoms with van der Waals surface area (Å²) in [5.41, 5.74) is 0. The molecule has 0 saturated carbocycles. The molecule has 57 heavy (non-hydrogen) atoms. The van der Waals surface area contributed by atoms with E-state index in [4.69, 9.17) is 9.47 Å². The molecule has 0 aromatic rings. The van der Waals surface area contributed by atoms with Gasteiger partial charge in [0.1, 0.15) is 6.10 Å². The molecular weight excluding hydrogens is 701 g/mol. The van der Waals surface area contributed by atoms with Gasteiger partial charge in [-0.1, -0.05) is 201 Å². The summed E-state index contributed by atoms with van der Waals surface area (Å²) in [5, 5.41) is 9.63. The number of ether oxygens (including phenoxy) is 2. The number of hydrogen-bond acceptors (Lipinski definition) is 4. The molecule has 0 bridgehead atoms. The molecule has 0 aliphatic heterocycles. The van der Waals surface area contributed by atoms with Crippen LogP contribution in [0.1, 0.15) is 206 Å². The molecule has 4 nitrogen and oxygen atoms in total. The molecule has 0 radical (unpaired) electrons. The van der Waals surface area contributed by atoms with Crippen LogP contribution in [0.4, 0.5) is 0 Å². The largest absolute Gasteiger partial charge is 0.457 e. The molecule has 0 heterocycles. The summed E-state index contributed by atoms with van der Waals surface area (Å²) in [6.07, 6.45) is 70.5. The monoisotopic (exact) mass is 791 g/mol. The second-order valence-electron chi connectivity index (χ2n) is 15.4. The van der Waals surface area contributed by atoms with Crippen molar-refractivity contribution in [3.8, 4) is 0 Å². The van der Waals surface area contributed by atoms with Crippen LogP contribution in [0.25, 0.3) is 0 Å². The lowest BCUT2D eigenvalue weighted by molar-refractivity contribution is -0.154. The Morgan fingerprint density at radius 2 is 0.789 bits per heavy atom. The molecule has 0 aromatic carbocycles. The van der Waals surface area contributed by atoms with E-state index in [0.717, 1.165) is 77.0 Å². The van der Waals surface area contributed by atoms with Crippen LogP contribution in [-0.2, 0) is 14.3 Å². The van der Waals surface area contributed by atoms with E-state index in [-0.39, 0.29) is 19.2 Å². The highest BCUT2D eigenvalue weighted by Gasteiger charge is 2.13. The first-order valence-electron chi connectivity index (χ1n) is 23.8. The van der Waals surface area contributed by atoms with Gasteiger partial charge in [0.25, 0.3) is 0 Å². The third kappa shape index (κ3) is 47.6. The van der Waals surface area contributed by atoms with Gasteiger partial charge in [0, 0.05) is 13.0 Å². The van der Waals surface area contributed by atoms with Gasteiger partial charge in [0.15, 0.2) is 0 Å². The number of unbranched alkanes of at least 4 members (excludes halogenated alkanes) is 19. The molecule has 0 rings (SSSR count). The fourth-order valence-corrected chi connectivity index (χ4v) is 6.36. The van der Waals surface area contributed by atoms with Crippen molar-refractivity contribution in [2.24, 2.45) is 0 Å². The number of carbonyl (C=O) groups excluding carboxylic acids is 1. The average Bonchev–Trinajstić information content (AvgIpc) is 3.22. The summed E-state index contributed by atoms with van der Waals surface area (Å²) in [6, 6.07) is 0. The van der Waals surface area contributed by atoms with E-state index in [0.29, 0.717) is 13.0 Å². The second-order valence-corrected chi connectivity index (χ2v) is 15.4. The quantitative estimate of drug-likeness (QED) is 0.0380. The van der Waals surface area contributed by atoms with Crippen molar-refractivity contribution in [3.05, 3.63) is 97.2 Å². The molecule has 0 aromatic heterocycles. The Hall–Kier alpha value is -2.69. The van der Waals surface area contributed by atoms with Crippen LogP contribution in [0.3, 0.4) is 0 Å². The predicted molar refractivity (Wildman–Crippen MR) is 251 cm³/mol. The zero-order chi connectivity index (χ0) is 41.2. The van der Waals surface area contributed by atoms with Gasteiger partial charge in [0.2, 0.25) is 0 Å². The third-order valence-electron chi connectivity index (χ3n) is 9.89. The zero-order valence-corrected chi connectivity index (χ0v) is 37.3. The molecule has 1 unspecified atom stereocenters. The summed E-state index contributed by atoms with van der Waals surface area (Å²) in [5.74, 6) is -0.235. The van der Waals surface area contributed by atoms with Gasteiger partial charge in [-0.15, -0.1) is 0 Å². The Morgan fingerprint density at radius 1 is 0.439 bits per heavy atom. The Morgan fingerprint density at radius 3 is 1.21 bits per heavy atom. The number of hydrogen-bond donors (Lipinski definition) is 1. The van der Waals surface area contributed by atoms with Gasteiger partial charge in [-0.25, -0.2) is 0 Å². The highest BCUT2D eigenvalue weighted by atomic mass is 16.6. The fourth-order valence-electron chi connectivity index (χ4n) is 6.36. The number of esters is 1. The zero-order valence-electron chi connectivity index (χ0n) is 37.3. The van der Waals surface area contributed by atoms with Gasteiger partial charge >= 0.3 is 5.97 Å². The second kappa shape index (κ2) is 49.5. The van der Waals surface area contributed by atoms with Crippen molar-refractivity contribution >= 4 is 5.97 Å². The minimum absolute atomic E-state index is 0.191. The number of aliphatic hydroxyl groups is 1. The van der Waals surface area contributed by atoms with E-state index in [1.807, 2.05) is 0 Å². The molecule has 1 N–H and O–H groups in total. The van der Waals surface area contributed by atoms with Crippen LogP contribution in [0.5, 0.6) is 0 Å². The highest BCUT2D eigenvalue weighted by molar-refractivity contribution is 5.69. The van der Waals surface area contributed by atoms with Gasteiger partial charge in [0.05, 0.1) is 13.2 Å². The lowest BCUT2D eigenvalue weighted by Gasteiger charge is -2.15. The Balaban J connectivity index is 3.55. The normalized spacial score (nSPS) is 13.2. The molecule has 0 aliphatic carbocycles. The van der Waals surface area contributed by atoms with Crippen molar-refractivity contribution in [1.82, 2.24) is 0 Å². The molecule has 0 spiro atoms. The van der Waals surface area contributed by atoms with Crippen LogP contribution in [-0.4, -0.2) is 37.0 Å². The first-order valence-corrected chi connectivity index (χ1v) is 23.8. The molecule has 326 valence electrons. The number of aliphatic hydroxyl groups excluding tert-OH is 1. The fraction of sp³-hybridized carbons (Fsp3) is 0.679. The Labute approximate surface area is 353 Å². The van der Waals surface area contributed by atoms with Crippen LogP contribution in [0.15, 0.2) is 97.2 Å². The smallest absolute Gasteiger partial charge is 0.306 e. The average molecular weight is 791 g/mol. The van der Waals surface area contributed by atoms with Crippen molar-refractivity contribution in [1.29, 1.82) is 0 Å². The van der Waals surface area contributed by atoms with E-state index in [1.165, 1.54) is 109 Å². The minimum atomic E-state index is -0.560. The van der Waals surface area contributed by atoms with E-state index in [2.05, 4.69) is 111 Å². The first-order chi connectivity index (χ1) is 28.2. The van der Waals surface area contributed by atoms with Crippen LogP contribution >= 0.6 is 0 Å². The van der Waals surface area contributed by atoms with Crippen LogP contribution in [0.2, 0.25) is 0 Å². The maximum atomic E-state index is 12.2. The van der Waals surface area contributed by atoms with E-state index >= 15 is 0 Å². The highest BCUT2D eigenvalue weighted by Crippen LogP contribution is 2.13. The standard InChI is InChI=1S/C53H90O4/c1-3-5-7-9-11-13-15-17-19-21-23-25-26-27-28-29-30-32-34-36-38-40-42-44-46-48-53(55)57-52(50-54)51-56-49-47-45-43-41-39-37-35-33-31-24-22-20-18-16-14-12-10-8-6-4-2/h5,7,11,13,17-20,23,25,27-28,30,32,36,38,52,54H,3-4,6,8-10,12,14-16,21-22,24,26,29,31,33-35,37,39-51H2,1-2H3/b7-5-,13-11-,19-17-,20-18-,25-23-,28-27-,32-30-,38-36-. The van der Waals surface area contributed by atoms with Crippen LogP contribution in [0, 0.1) is 0 Å². The first kappa shape index (κ1) is 54.3. The summed E-state index contributed by atoms with van der Waals surface area (Å²) >= 11 is 0. The van der Waals surface area contributed by atoms with Crippen molar-refractivity contribution in [3.63, 3.8) is 0 Å². The Kier molecular flexibility index (Phi) is 47.1. The van der Waals surface area contributed by atoms with Crippen molar-refractivity contribution in [2.75, 3.05) is 19.8 Å². The van der Waals surface area contributed by atoms with Crippen LogP contribution < -0.4 is 0 Å². The number of carbonyl (C=O) groups is 1. The molecule has 0 amide bonds.